The molecule has 0 spiro atoms. The molecule has 0 aliphatic carbocycles. The van der Waals surface area contributed by atoms with E-state index in [9.17, 15) is 19.8 Å². The van der Waals surface area contributed by atoms with Crippen molar-refractivity contribution in [1.82, 2.24) is 5.32 Å². The first kappa shape index (κ1) is 70.1. The van der Waals surface area contributed by atoms with E-state index in [0.29, 0.717) is 19.4 Å². The number of carbonyl (C=O) groups excluding carboxylic acids is 2. The van der Waals surface area contributed by atoms with E-state index < -0.39 is 12.1 Å². The van der Waals surface area contributed by atoms with Crippen LogP contribution in [0, 0.1) is 0 Å². The zero-order valence-electron chi connectivity index (χ0n) is 48.4. The van der Waals surface area contributed by atoms with E-state index in [0.717, 1.165) is 51.4 Å². The number of amides is 1. The zero-order chi connectivity index (χ0) is 52.2. The van der Waals surface area contributed by atoms with Crippen molar-refractivity contribution in [2.45, 2.75) is 360 Å². The van der Waals surface area contributed by atoms with Gasteiger partial charge in [0.1, 0.15) is 0 Å². The summed E-state index contributed by atoms with van der Waals surface area (Å²) in [5.74, 6) is -0.0633. The van der Waals surface area contributed by atoms with E-state index in [1.807, 2.05) is 6.08 Å². The minimum atomic E-state index is -0.848. The number of carbonyl (C=O) groups is 2. The van der Waals surface area contributed by atoms with E-state index in [-0.39, 0.29) is 18.5 Å². The fourth-order valence-corrected chi connectivity index (χ4v) is 9.92. The molecule has 6 nitrogen and oxygen atoms in total. The summed E-state index contributed by atoms with van der Waals surface area (Å²) < 4.78 is 5.50. The highest BCUT2D eigenvalue weighted by atomic mass is 16.5. The Hall–Kier alpha value is -1.92. The molecule has 72 heavy (non-hydrogen) atoms. The largest absolute Gasteiger partial charge is 0.466 e. The van der Waals surface area contributed by atoms with Crippen LogP contribution >= 0.6 is 0 Å². The van der Waals surface area contributed by atoms with Crippen molar-refractivity contribution < 1.29 is 24.5 Å². The zero-order valence-corrected chi connectivity index (χ0v) is 48.4. The van der Waals surface area contributed by atoms with E-state index in [2.05, 4.69) is 43.5 Å². The fourth-order valence-electron chi connectivity index (χ4n) is 9.92. The molecule has 424 valence electrons. The monoisotopic (exact) mass is 1010 g/mol. The lowest BCUT2D eigenvalue weighted by Gasteiger charge is -2.20. The molecule has 0 aliphatic heterocycles. The highest BCUT2D eigenvalue weighted by Gasteiger charge is 2.18. The number of nitrogens with one attached hydrogen (secondary N) is 1. The summed E-state index contributed by atoms with van der Waals surface area (Å²) in [5.41, 5.74) is 0. The van der Waals surface area contributed by atoms with Crippen molar-refractivity contribution in [3.05, 3.63) is 36.5 Å². The number of hydrogen-bond donors (Lipinski definition) is 3. The van der Waals surface area contributed by atoms with Gasteiger partial charge in [0.2, 0.25) is 5.91 Å². The Bertz CT molecular complexity index is 1170. The Kier molecular flexibility index (Phi) is 60.0. The summed E-state index contributed by atoms with van der Waals surface area (Å²) in [5, 5.41) is 23.1. The standard InChI is InChI=1S/C66H125NO5/c1-3-5-7-9-11-13-15-17-18-19-25-29-32-36-40-44-48-52-56-60-66(71)72-61-57-53-49-45-41-37-33-30-27-24-22-20-21-23-26-28-31-35-39-43-47-51-55-59-65(70)67-63(62-68)64(69)58-54-50-46-42-38-34-16-14-12-10-8-6-4-2/h17-18,23,26,54,58,63-64,68-69H,3-16,19-22,24-25,27-53,55-57,59-62H2,1-2H3,(H,67,70)/b18-17-,26-23-,58-54+. The third kappa shape index (κ3) is 57.4. The van der Waals surface area contributed by atoms with Crippen LogP contribution in [0.5, 0.6) is 0 Å². The first-order valence-corrected chi connectivity index (χ1v) is 32.3. The van der Waals surface area contributed by atoms with Crippen LogP contribution in [0.15, 0.2) is 36.5 Å². The molecule has 0 heterocycles. The number of unbranched alkanes of at least 4 members (excludes halogenated alkanes) is 45. The average molecular weight is 1010 g/mol. The smallest absolute Gasteiger partial charge is 0.305 e. The second kappa shape index (κ2) is 61.6. The molecule has 0 rings (SSSR count). The van der Waals surface area contributed by atoms with Gasteiger partial charge in [0.15, 0.2) is 0 Å². The normalized spacial score (nSPS) is 12.8. The second-order valence-corrected chi connectivity index (χ2v) is 22.1. The van der Waals surface area contributed by atoms with Crippen LogP contribution in [0.2, 0.25) is 0 Å². The van der Waals surface area contributed by atoms with Crippen molar-refractivity contribution in [1.29, 1.82) is 0 Å². The molecule has 0 bridgehead atoms. The molecule has 2 atom stereocenters. The van der Waals surface area contributed by atoms with Gasteiger partial charge in [-0.1, -0.05) is 288 Å². The lowest BCUT2D eigenvalue weighted by Crippen LogP contribution is -2.45. The lowest BCUT2D eigenvalue weighted by molar-refractivity contribution is -0.143. The molecule has 6 heteroatoms. The Balaban J connectivity index is 3.40. The van der Waals surface area contributed by atoms with Gasteiger partial charge in [0, 0.05) is 12.8 Å². The first-order chi connectivity index (χ1) is 35.5. The van der Waals surface area contributed by atoms with Gasteiger partial charge < -0.3 is 20.3 Å². The van der Waals surface area contributed by atoms with Crippen molar-refractivity contribution in [2.24, 2.45) is 0 Å². The van der Waals surface area contributed by atoms with Crippen molar-refractivity contribution in [3.63, 3.8) is 0 Å². The van der Waals surface area contributed by atoms with Gasteiger partial charge in [-0.3, -0.25) is 9.59 Å². The molecular formula is C66H125NO5. The van der Waals surface area contributed by atoms with Gasteiger partial charge in [0.05, 0.1) is 25.4 Å². The van der Waals surface area contributed by atoms with Gasteiger partial charge in [-0.15, -0.1) is 0 Å². The average Bonchev–Trinajstić information content (AvgIpc) is 3.38. The third-order valence-electron chi connectivity index (χ3n) is 14.9. The first-order valence-electron chi connectivity index (χ1n) is 32.3. The van der Waals surface area contributed by atoms with Crippen molar-refractivity contribution >= 4 is 11.9 Å². The molecule has 0 aromatic heterocycles. The van der Waals surface area contributed by atoms with Crippen LogP contribution in [0.3, 0.4) is 0 Å². The minimum Gasteiger partial charge on any atom is -0.466 e. The van der Waals surface area contributed by atoms with Crippen LogP contribution in [0.25, 0.3) is 0 Å². The van der Waals surface area contributed by atoms with Crippen LogP contribution in [-0.4, -0.2) is 47.4 Å². The summed E-state index contributed by atoms with van der Waals surface area (Å²) in [6, 6.07) is -0.632. The number of esters is 1. The van der Waals surface area contributed by atoms with Gasteiger partial charge >= 0.3 is 5.97 Å². The molecular weight excluding hydrogens is 887 g/mol. The number of ether oxygens (including phenoxy) is 1. The number of allylic oxidation sites excluding steroid dienone is 5. The Morgan fingerprint density at radius 3 is 0.986 bits per heavy atom. The summed E-state index contributed by atoms with van der Waals surface area (Å²) in [6.45, 7) is 4.91. The predicted octanol–water partition coefficient (Wildman–Crippen LogP) is 20.4. The maximum atomic E-state index is 12.4. The van der Waals surface area contributed by atoms with E-state index in [1.54, 1.807) is 6.08 Å². The van der Waals surface area contributed by atoms with Gasteiger partial charge in [-0.2, -0.15) is 0 Å². The van der Waals surface area contributed by atoms with Crippen LogP contribution in [0.1, 0.15) is 348 Å². The Morgan fingerprint density at radius 1 is 0.375 bits per heavy atom. The van der Waals surface area contributed by atoms with Crippen LogP contribution < -0.4 is 5.32 Å². The lowest BCUT2D eigenvalue weighted by atomic mass is 10.0. The molecule has 0 saturated carbocycles. The summed E-state index contributed by atoms with van der Waals surface area (Å²) in [7, 11) is 0. The van der Waals surface area contributed by atoms with Crippen LogP contribution in [-0.2, 0) is 14.3 Å². The number of aliphatic hydroxyl groups is 2. The second-order valence-electron chi connectivity index (χ2n) is 22.1. The number of aliphatic hydroxyl groups excluding tert-OH is 2. The Morgan fingerprint density at radius 2 is 0.653 bits per heavy atom. The van der Waals surface area contributed by atoms with Crippen molar-refractivity contribution in [2.75, 3.05) is 13.2 Å². The van der Waals surface area contributed by atoms with Gasteiger partial charge in [-0.25, -0.2) is 0 Å². The molecule has 0 aromatic rings. The molecule has 0 aromatic carbocycles. The van der Waals surface area contributed by atoms with Crippen LogP contribution in [0.4, 0.5) is 0 Å². The summed E-state index contributed by atoms with van der Waals surface area (Å²) in [4.78, 5) is 24.5. The summed E-state index contributed by atoms with van der Waals surface area (Å²) >= 11 is 0. The number of hydrogen-bond acceptors (Lipinski definition) is 5. The highest BCUT2D eigenvalue weighted by molar-refractivity contribution is 5.76. The van der Waals surface area contributed by atoms with Gasteiger partial charge in [-0.05, 0) is 83.5 Å². The third-order valence-corrected chi connectivity index (χ3v) is 14.9. The minimum absolute atomic E-state index is 0.0106. The molecule has 3 N–H and O–H groups in total. The van der Waals surface area contributed by atoms with E-state index in [1.165, 1.54) is 270 Å². The molecule has 0 radical (unpaired) electrons. The molecule has 0 fully saturated rings. The van der Waals surface area contributed by atoms with E-state index >= 15 is 0 Å². The number of rotatable bonds is 60. The molecule has 1 amide bonds. The predicted molar refractivity (Wildman–Crippen MR) is 315 cm³/mol. The molecule has 0 aliphatic rings. The van der Waals surface area contributed by atoms with E-state index in [4.69, 9.17) is 4.74 Å². The maximum Gasteiger partial charge on any atom is 0.305 e. The topological polar surface area (TPSA) is 95.9 Å². The molecule has 2 unspecified atom stereocenters. The highest BCUT2D eigenvalue weighted by Crippen LogP contribution is 2.17. The Labute approximate surface area is 449 Å². The molecule has 0 saturated heterocycles. The summed E-state index contributed by atoms with van der Waals surface area (Å²) in [6.07, 6.45) is 77.7. The van der Waals surface area contributed by atoms with Crippen molar-refractivity contribution in [3.8, 4) is 0 Å². The quantitative estimate of drug-likeness (QED) is 0.0320. The maximum absolute atomic E-state index is 12.4. The SMILES string of the molecule is CCCCCCCC/C=C\CCCCCCCCCCCC(=O)OCCCCCCCCCCCCCC/C=C\CCCCCCCCCC(=O)NC(CO)C(O)/C=C/CCCCCCCCCCCCC. The van der Waals surface area contributed by atoms with Gasteiger partial charge in [0.25, 0.3) is 0 Å². The fraction of sp³-hybridized carbons (Fsp3) is 0.879.